The summed E-state index contributed by atoms with van der Waals surface area (Å²) in [6.45, 7) is 4.91. The summed E-state index contributed by atoms with van der Waals surface area (Å²) in [6.07, 6.45) is 5.22. The largest absolute Gasteiger partial charge is 0.497 e. The van der Waals surface area contributed by atoms with E-state index in [1.807, 2.05) is 11.0 Å². The van der Waals surface area contributed by atoms with Gasteiger partial charge in [-0.2, -0.15) is 0 Å². The molecule has 2 bridgehead atoms. The van der Waals surface area contributed by atoms with Crippen LogP contribution in [-0.2, 0) is 0 Å². The van der Waals surface area contributed by atoms with E-state index in [9.17, 15) is 4.79 Å². The van der Waals surface area contributed by atoms with Gasteiger partial charge in [0, 0.05) is 18.7 Å². The highest BCUT2D eigenvalue weighted by Gasteiger charge is 2.41. The fourth-order valence-corrected chi connectivity index (χ4v) is 3.40. The third kappa shape index (κ3) is 2.62. The summed E-state index contributed by atoms with van der Waals surface area (Å²) in [5.74, 6) is 2.02. The van der Waals surface area contributed by atoms with E-state index in [0.29, 0.717) is 35.6 Å². The SMILES string of the molecule is C=CCOc1cc(OC)ccc1C(=O)N1C[C@H]2CC[C@H]1C2. The molecule has 2 fully saturated rings. The molecule has 1 amide bonds. The first-order valence-electron chi connectivity index (χ1n) is 7.45. The first-order valence-corrected chi connectivity index (χ1v) is 7.45. The molecule has 3 rings (SSSR count). The molecular weight excluding hydrogens is 266 g/mol. The number of likely N-dealkylation sites (tertiary alicyclic amines) is 1. The van der Waals surface area contributed by atoms with Gasteiger partial charge in [-0.15, -0.1) is 0 Å². The van der Waals surface area contributed by atoms with Crippen molar-refractivity contribution >= 4 is 5.91 Å². The van der Waals surface area contributed by atoms with Crippen LogP contribution in [0.1, 0.15) is 29.6 Å². The Morgan fingerprint density at radius 2 is 2.33 bits per heavy atom. The lowest BCUT2D eigenvalue weighted by Crippen LogP contribution is -2.37. The minimum Gasteiger partial charge on any atom is -0.497 e. The van der Waals surface area contributed by atoms with E-state index in [4.69, 9.17) is 9.47 Å². The normalized spacial score (nSPS) is 23.2. The number of hydrogen-bond donors (Lipinski definition) is 0. The van der Waals surface area contributed by atoms with Crippen LogP contribution in [0.2, 0.25) is 0 Å². The lowest BCUT2D eigenvalue weighted by atomic mass is 10.1. The van der Waals surface area contributed by atoms with Gasteiger partial charge in [-0.25, -0.2) is 0 Å². The Balaban J connectivity index is 1.85. The molecule has 0 N–H and O–H groups in total. The zero-order valence-electron chi connectivity index (χ0n) is 12.4. The predicted octanol–water partition coefficient (Wildman–Crippen LogP) is 2.88. The fraction of sp³-hybridized carbons (Fsp3) is 0.471. The number of amides is 1. The Kier molecular flexibility index (Phi) is 3.86. The average molecular weight is 287 g/mol. The second kappa shape index (κ2) is 5.80. The highest BCUT2D eigenvalue weighted by atomic mass is 16.5. The number of ether oxygens (including phenoxy) is 2. The summed E-state index contributed by atoms with van der Waals surface area (Å²) in [5, 5.41) is 0. The van der Waals surface area contributed by atoms with Crippen LogP contribution in [-0.4, -0.2) is 37.1 Å². The highest BCUT2D eigenvalue weighted by Crippen LogP contribution is 2.39. The fourth-order valence-electron chi connectivity index (χ4n) is 3.40. The van der Waals surface area contributed by atoms with Crippen LogP contribution in [0.15, 0.2) is 30.9 Å². The van der Waals surface area contributed by atoms with Crippen molar-refractivity contribution in [2.24, 2.45) is 5.92 Å². The Bertz CT molecular complexity index is 555. The van der Waals surface area contributed by atoms with Gasteiger partial charge in [0.25, 0.3) is 5.91 Å². The van der Waals surface area contributed by atoms with Gasteiger partial charge >= 0.3 is 0 Å². The van der Waals surface area contributed by atoms with Crippen LogP contribution in [0.25, 0.3) is 0 Å². The Morgan fingerprint density at radius 3 is 2.95 bits per heavy atom. The van der Waals surface area contributed by atoms with Crippen LogP contribution in [0.5, 0.6) is 11.5 Å². The number of hydrogen-bond acceptors (Lipinski definition) is 3. The smallest absolute Gasteiger partial charge is 0.257 e. The maximum atomic E-state index is 12.8. The molecule has 1 aromatic carbocycles. The molecular formula is C17H21NO3. The molecule has 112 valence electrons. The van der Waals surface area contributed by atoms with Crippen molar-refractivity contribution in [2.75, 3.05) is 20.3 Å². The quantitative estimate of drug-likeness (QED) is 0.782. The molecule has 21 heavy (non-hydrogen) atoms. The van der Waals surface area contributed by atoms with Gasteiger partial charge in [0.15, 0.2) is 0 Å². The van der Waals surface area contributed by atoms with Gasteiger partial charge in [0.1, 0.15) is 18.1 Å². The molecule has 1 saturated heterocycles. The second-order valence-electron chi connectivity index (χ2n) is 5.75. The second-order valence-corrected chi connectivity index (χ2v) is 5.75. The molecule has 0 radical (unpaired) electrons. The van der Waals surface area contributed by atoms with E-state index in [2.05, 4.69) is 6.58 Å². The monoisotopic (exact) mass is 287 g/mol. The van der Waals surface area contributed by atoms with E-state index in [0.717, 1.165) is 19.4 Å². The number of carbonyl (C=O) groups is 1. The number of benzene rings is 1. The van der Waals surface area contributed by atoms with E-state index in [1.165, 1.54) is 6.42 Å². The van der Waals surface area contributed by atoms with Crippen LogP contribution in [0.4, 0.5) is 0 Å². The van der Waals surface area contributed by atoms with Crippen LogP contribution in [0.3, 0.4) is 0 Å². The van der Waals surface area contributed by atoms with Gasteiger partial charge in [-0.3, -0.25) is 4.79 Å². The molecule has 1 aliphatic carbocycles. The Hall–Kier alpha value is -1.97. The van der Waals surface area contributed by atoms with Gasteiger partial charge < -0.3 is 14.4 Å². The maximum absolute atomic E-state index is 12.8. The van der Waals surface area contributed by atoms with Crippen molar-refractivity contribution in [1.82, 2.24) is 4.90 Å². The summed E-state index contributed by atoms with van der Waals surface area (Å²) < 4.78 is 10.9. The molecule has 4 heteroatoms. The molecule has 0 aromatic heterocycles. The molecule has 2 atom stereocenters. The molecule has 0 unspecified atom stereocenters. The van der Waals surface area contributed by atoms with Crippen molar-refractivity contribution < 1.29 is 14.3 Å². The number of rotatable bonds is 5. The maximum Gasteiger partial charge on any atom is 0.257 e. The van der Waals surface area contributed by atoms with Crippen molar-refractivity contribution in [1.29, 1.82) is 0 Å². The summed E-state index contributed by atoms with van der Waals surface area (Å²) >= 11 is 0. The summed E-state index contributed by atoms with van der Waals surface area (Å²) in [4.78, 5) is 14.8. The van der Waals surface area contributed by atoms with Gasteiger partial charge in [-0.1, -0.05) is 12.7 Å². The van der Waals surface area contributed by atoms with Crippen molar-refractivity contribution in [3.8, 4) is 11.5 Å². The van der Waals surface area contributed by atoms with E-state index >= 15 is 0 Å². The molecule has 4 nitrogen and oxygen atoms in total. The molecule has 1 heterocycles. The number of nitrogens with zero attached hydrogens (tertiary/aromatic N) is 1. The van der Waals surface area contributed by atoms with Gasteiger partial charge in [0.05, 0.1) is 12.7 Å². The Labute approximate surface area is 125 Å². The van der Waals surface area contributed by atoms with Gasteiger partial charge in [-0.05, 0) is 37.3 Å². The number of fused-ring (bicyclic) bond motifs is 2. The first-order chi connectivity index (χ1) is 10.2. The molecule has 1 aromatic rings. The predicted molar refractivity (Wildman–Crippen MR) is 80.9 cm³/mol. The molecule has 2 aliphatic rings. The first kappa shape index (κ1) is 14.0. The average Bonchev–Trinajstić information content (AvgIpc) is 3.15. The van der Waals surface area contributed by atoms with Crippen LogP contribution < -0.4 is 9.47 Å². The van der Waals surface area contributed by atoms with Crippen molar-refractivity contribution in [2.45, 2.75) is 25.3 Å². The minimum absolute atomic E-state index is 0.0731. The van der Waals surface area contributed by atoms with Crippen molar-refractivity contribution in [3.63, 3.8) is 0 Å². The number of methoxy groups -OCH3 is 1. The topological polar surface area (TPSA) is 38.8 Å². The summed E-state index contributed by atoms with van der Waals surface area (Å²) in [5.41, 5.74) is 0.616. The molecule has 0 spiro atoms. The van der Waals surface area contributed by atoms with Crippen molar-refractivity contribution in [3.05, 3.63) is 36.4 Å². The summed E-state index contributed by atoms with van der Waals surface area (Å²) in [7, 11) is 1.60. The van der Waals surface area contributed by atoms with Gasteiger partial charge in [0.2, 0.25) is 0 Å². The third-order valence-electron chi connectivity index (χ3n) is 4.45. The van der Waals surface area contributed by atoms with Crippen LogP contribution in [0, 0.1) is 5.92 Å². The van der Waals surface area contributed by atoms with E-state index in [1.54, 1.807) is 25.3 Å². The van der Waals surface area contributed by atoms with Crippen LogP contribution >= 0.6 is 0 Å². The van der Waals surface area contributed by atoms with E-state index in [-0.39, 0.29) is 5.91 Å². The minimum atomic E-state index is 0.0731. The molecule has 1 saturated carbocycles. The highest BCUT2D eigenvalue weighted by molar-refractivity contribution is 5.97. The van der Waals surface area contributed by atoms with E-state index < -0.39 is 0 Å². The zero-order valence-corrected chi connectivity index (χ0v) is 12.4. The Morgan fingerprint density at radius 1 is 1.48 bits per heavy atom. The number of piperidine rings is 1. The number of carbonyl (C=O) groups excluding carboxylic acids is 1. The lowest BCUT2D eigenvalue weighted by Gasteiger charge is -2.27. The molecule has 1 aliphatic heterocycles. The lowest BCUT2D eigenvalue weighted by molar-refractivity contribution is 0.0699. The third-order valence-corrected chi connectivity index (χ3v) is 4.45. The summed E-state index contributed by atoms with van der Waals surface area (Å²) in [6, 6.07) is 5.79. The standard InChI is InChI=1S/C17H21NO3/c1-3-8-21-16-10-14(20-2)6-7-15(16)17(19)18-11-12-4-5-13(18)9-12/h3,6-7,10,12-13H,1,4-5,8-9,11H2,2H3/t12-,13-/m0/s1. The zero-order chi connectivity index (χ0) is 14.8.